The molecule has 1 aromatic carbocycles. The van der Waals surface area contributed by atoms with Gasteiger partial charge in [0, 0.05) is 12.1 Å². The number of hydrogen-bond acceptors (Lipinski definition) is 3. The van der Waals surface area contributed by atoms with Crippen LogP contribution in [0.5, 0.6) is 0 Å². The number of carbonyl (C=O) groups excluding carboxylic acids is 1. The van der Waals surface area contributed by atoms with Crippen LogP contribution in [-0.2, 0) is 9.36 Å². The van der Waals surface area contributed by atoms with Crippen molar-refractivity contribution in [3.63, 3.8) is 0 Å². The molecule has 5 heteroatoms. The Morgan fingerprint density at radius 3 is 2.44 bits per heavy atom. The van der Waals surface area contributed by atoms with E-state index in [0.29, 0.717) is 0 Å². The third kappa shape index (κ3) is 3.47. The number of nitrogens with one attached hydrogen (secondary N) is 1. The van der Waals surface area contributed by atoms with Crippen LogP contribution in [0.1, 0.15) is 18.9 Å². The smallest absolute Gasteiger partial charge is 0.282 e. The largest absolute Gasteiger partial charge is 0.376 e. The molecule has 1 unspecified atom stereocenters. The maximum absolute atomic E-state index is 11.5. The third-order valence-corrected chi connectivity index (χ3v) is 3.92. The average Bonchev–Trinajstić information content (AvgIpc) is 2.27. The number of benzene rings is 1. The van der Waals surface area contributed by atoms with Crippen LogP contribution in [0.25, 0.3) is 0 Å². The van der Waals surface area contributed by atoms with Crippen LogP contribution in [0.4, 0.5) is 5.69 Å². The molecule has 1 aromatic rings. The standard InChI is InChI=1S/C11H16NO3P/c1-3-11(13)16(14,15)8-12-10-6-4-9(2)5-7-10/h4-7,12H,3,8H2,1-2H3,(H,14,15). The van der Waals surface area contributed by atoms with E-state index in [1.54, 1.807) is 6.92 Å². The van der Waals surface area contributed by atoms with Crippen molar-refractivity contribution in [1.29, 1.82) is 0 Å². The lowest BCUT2D eigenvalue weighted by Crippen LogP contribution is -2.08. The Balaban J connectivity index is 2.61. The lowest BCUT2D eigenvalue weighted by molar-refractivity contribution is -0.112. The quantitative estimate of drug-likeness (QED) is 0.777. The van der Waals surface area contributed by atoms with Crippen LogP contribution in [0.15, 0.2) is 24.3 Å². The first-order chi connectivity index (χ1) is 7.45. The molecule has 0 saturated carbocycles. The van der Waals surface area contributed by atoms with Crippen molar-refractivity contribution in [2.45, 2.75) is 20.3 Å². The van der Waals surface area contributed by atoms with Gasteiger partial charge in [0.25, 0.3) is 7.37 Å². The summed E-state index contributed by atoms with van der Waals surface area (Å²) in [6.45, 7) is 3.54. The summed E-state index contributed by atoms with van der Waals surface area (Å²) in [5.41, 5.74) is 1.26. The lowest BCUT2D eigenvalue weighted by Gasteiger charge is -2.11. The van der Waals surface area contributed by atoms with Gasteiger partial charge in [-0.3, -0.25) is 9.36 Å². The first-order valence-corrected chi connectivity index (χ1v) is 6.96. The number of aryl methyl sites for hydroxylation is 1. The summed E-state index contributed by atoms with van der Waals surface area (Å²) in [6, 6.07) is 7.41. The van der Waals surface area contributed by atoms with Crippen LogP contribution in [0.2, 0.25) is 0 Å². The molecular formula is C11H16NO3P. The van der Waals surface area contributed by atoms with E-state index < -0.39 is 12.9 Å². The summed E-state index contributed by atoms with van der Waals surface area (Å²) in [5.74, 6) is 0. The maximum Gasteiger partial charge on any atom is 0.282 e. The maximum atomic E-state index is 11.5. The van der Waals surface area contributed by atoms with Gasteiger partial charge in [0.1, 0.15) is 0 Å². The zero-order chi connectivity index (χ0) is 12.2. The number of anilines is 1. The van der Waals surface area contributed by atoms with E-state index in [0.717, 1.165) is 11.3 Å². The van der Waals surface area contributed by atoms with E-state index in [-0.39, 0.29) is 12.7 Å². The minimum atomic E-state index is -3.71. The van der Waals surface area contributed by atoms with Gasteiger partial charge in [-0.1, -0.05) is 24.6 Å². The van der Waals surface area contributed by atoms with Crippen molar-refractivity contribution in [2.75, 3.05) is 11.6 Å². The Bertz CT molecular complexity index is 414. The van der Waals surface area contributed by atoms with Gasteiger partial charge in [-0.2, -0.15) is 0 Å². The van der Waals surface area contributed by atoms with Gasteiger partial charge in [-0.25, -0.2) is 0 Å². The Morgan fingerprint density at radius 1 is 1.38 bits per heavy atom. The Morgan fingerprint density at radius 2 is 1.94 bits per heavy atom. The molecule has 2 N–H and O–H groups in total. The molecule has 16 heavy (non-hydrogen) atoms. The molecule has 0 radical (unpaired) electrons. The minimum Gasteiger partial charge on any atom is -0.376 e. The first-order valence-electron chi connectivity index (χ1n) is 5.11. The van der Waals surface area contributed by atoms with Gasteiger partial charge in [-0.05, 0) is 19.1 Å². The fourth-order valence-electron chi connectivity index (χ4n) is 1.21. The molecule has 0 spiro atoms. The predicted octanol–water partition coefficient (Wildman–Crippen LogP) is 2.57. The van der Waals surface area contributed by atoms with Gasteiger partial charge in [0.05, 0.1) is 6.29 Å². The molecule has 0 aliphatic rings. The minimum absolute atomic E-state index is 0.0867. The summed E-state index contributed by atoms with van der Waals surface area (Å²) >= 11 is 0. The molecule has 0 amide bonds. The van der Waals surface area contributed by atoms with E-state index in [1.165, 1.54) is 0 Å². The van der Waals surface area contributed by atoms with Crippen LogP contribution in [0, 0.1) is 6.92 Å². The number of rotatable bonds is 5. The topological polar surface area (TPSA) is 66.4 Å². The van der Waals surface area contributed by atoms with E-state index in [1.807, 2.05) is 31.2 Å². The Labute approximate surface area is 95.1 Å². The highest BCUT2D eigenvalue weighted by Crippen LogP contribution is 2.42. The fraction of sp³-hybridized carbons (Fsp3) is 0.364. The predicted molar refractivity (Wildman–Crippen MR) is 64.8 cm³/mol. The van der Waals surface area contributed by atoms with Gasteiger partial charge < -0.3 is 10.2 Å². The van der Waals surface area contributed by atoms with Gasteiger partial charge in [0.2, 0.25) is 5.52 Å². The molecule has 0 saturated heterocycles. The van der Waals surface area contributed by atoms with Crippen molar-refractivity contribution in [3.8, 4) is 0 Å². The summed E-state index contributed by atoms with van der Waals surface area (Å²) in [7, 11) is -3.71. The molecule has 1 atom stereocenters. The summed E-state index contributed by atoms with van der Waals surface area (Å²) in [4.78, 5) is 20.6. The highest BCUT2D eigenvalue weighted by molar-refractivity contribution is 7.75. The molecule has 0 aromatic heterocycles. The molecule has 0 aliphatic heterocycles. The zero-order valence-corrected chi connectivity index (χ0v) is 10.3. The van der Waals surface area contributed by atoms with Crippen molar-refractivity contribution < 1.29 is 14.3 Å². The number of hydrogen-bond donors (Lipinski definition) is 2. The van der Waals surface area contributed by atoms with Crippen LogP contribution < -0.4 is 5.32 Å². The van der Waals surface area contributed by atoms with Gasteiger partial charge >= 0.3 is 0 Å². The molecule has 0 fully saturated rings. The molecule has 0 bridgehead atoms. The second kappa shape index (κ2) is 5.28. The van der Waals surface area contributed by atoms with Crippen molar-refractivity contribution in [2.24, 2.45) is 0 Å². The normalized spacial score (nSPS) is 14.2. The summed E-state index contributed by atoms with van der Waals surface area (Å²) in [6.07, 6.45) is -0.119. The van der Waals surface area contributed by atoms with Crippen molar-refractivity contribution in [3.05, 3.63) is 29.8 Å². The fourth-order valence-corrected chi connectivity index (χ4v) is 2.27. The summed E-state index contributed by atoms with van der Waals surface area (Å²) < 4.78 is 11.5. The molecule has 4 nitrogen and oxygen atoms in total. The third-order valence-electron chi connectivity index (χ3n) is 2.24. The SMILES string of the molecule is CCC(=O)P(=O)(O)CNc1ccc(C)cc1. The molecule has 0 aliphatic carbocycles. The highest BCUT2D eigenvalue weighted by atomic mass is 31.2. The van der Waals surface area contributed by atoms with E-state index in [4.69, 9.17) is 0 Å². The van der Waals surface area contributed by atoms with Crippen molar-refractivity contribution in [1.82, 2.24) is 0 Å². The molecular weight excluding hydrogens is 225 g/mol. The molecule has 0 heterocycles. The van der Waals surface area contributed by atoms with E-state index >= 15 is 0 Å². The second-order valence-corrected chi connectivity index (χ2v) is 5.87. The van der Waals surface area contributed by atoms with E-state index in [9.17, 15) is 14.3 Å². The first kappa shape index (κ1) is 12.9. The lowest BCUT2D eigenvalue weighted by atomic mass is 10.2. The van der Waals surface area contributed by atoms with Crippen molar-refractivity contribution >= 4 is 18.6 Å². The van der Waals surface area contributed by atoms with Gasteiger partial charge in [-0.15, -0.1) is 0 Å². The second-order valence-electron chi connectivity index (χ2n) is 3.65. The van der Waals surface area contributed by atoms with Gasteiger partial charge in [0.15, 0.2) is 0 Å². The molecule has 1 rings (SSSR count). The van der Waals surface area contributed by atoms with Crippen LogP contribution in [0.3, 0.4) is 0 Å². The average molecular weight is 241 g/mol. The van der Waals surface area contributed by atoms with Crippen LogP contribution >= 0.6 is 7.37 Å². The highest BCUT2D eigenvalue weighted by Gasteiger charge is 2.26. The number of carbonyl (C=O) groups is 1. The Kier molecular flexibility index (Phi) is 4.27. The Hall–Kier alpha value is -1.12. The zero-order valence-electron chi connectivity index (χ0n) is 9.43. The molecule has 88 valence electrons. The van der Waals surface area contributed by atoms with Crippen LogP contribution in [-0.4, -0.2) is 16.7 Å². The monoisotopic (exact) mass is 241 g/mol. The summed E-state index contributed by atoms with van der Waals surface area (Å²) in [5, 5.41) is 2.79. The van der Waals surface area contributed by atoms with E-state index in [2.05, 4.69) is 5.32 Å².